The van der Waals surface area contributed by atoms with Crippen molar-refractivity contribution in [2.45, 2.75) is 18.9 Å². The van der Waals surface area contributed by atoms with Crippen molar-refractivity contribution in [2.24, 2.45) is 11.7 Å². The monoisotopic (exact) mass is 158 g/mol. The highest BCUT2D eigenvalue weighted by molar-refractivity contribution is 4.81. The zero-order chi connectivity index (χ0) is 8.27. The Bertz CT molecular complexity index is 111. The van der Waals surface area contributed by atoms with Gasteiger partial charge in [0.2, 0.25) is 0 Å². The van der Waals surface area contributed by atoms with Crippen LogP contribution < -0.4 is 5.73 Å². The zero-order valence-corrected chi connectivity index (χ0v) is 7.42. The molecule has 0 aliphatic heterocycles. The van der Waals surface area contributed by atoms with Crippen LogP contribution in [-0.2, 0) is 4.74 Å². The number of hydrogen-bond acceptors (Lipinski definition) is 3. The summed E-state index contributed by atoms with van der Waals surface area (Å²) in [4.78, 5) is 2.03. The Labute approximate surface area is 68.5 Å². The predicted octanol–water partition coefficient (Wildman–Crippen LogP) is 0.259. The maximum absolute atomic E-state index is 5.63. The molecular weight excluding hydrogens is 140 g/mol. The minimum Gasteiger partial charge on any atom is -0.366 e. The lowest BCUT2D eigenvalue weighted by Gasteiger charge is -2.32. The molecule has 0 aromatic heterocycles. The van der Waals surface area contributed by atoms with Gasteiger partial charge in [-0.05, 0) is 32.9 Å². The van der Waals surface area contributed by atoms with E-state index in [1.807, 2.05) is 19.0 Å². The maximum Gasteiger partial charge on any atom is 0.0985 e. The second kappa shape index (κ2) is 4.04. The SMILES string of the molecule is CN(C)COCC1CC(N)C1. The van der Waals surface area contributed by atoms with E-state index in [1.54, 1.807) is 0 Å². The highest BCUT2D eigenvalue weighted by Gasteiger charge is 2.25. The molecule has 0 aromatic rings. The van der Waals surface area contributed by atoms with E-state index in [2.05, 4.69) is 0 Å². The lowest BCUT2D eigenvalue weighted by atomic mass is 9.82. The Morgan fingerprint density at radius 3 is 2.55 bits per heavy atom. The first-order chi connectivity index (χ1) is 5.18. The van der Waals surface area contributed by atoms with Gasteiger partial charge < -0.3 is 10.5 Å². The van der Waals surface area contributed by atoms with E-state index in [-0.39, 0.29) is 0 Å². The summed E-state index contributed by atoms with van der Waals surface area (Å²) in [5.74, 6) is 0.727. The molecule has 1 saturated carbocycles. The smallest absolute Gasteiger partial charge is 0.0985 e. The minimum absolute atomic E-state index is 0.447. The van der Waals surface area contributed by atoms with Crippen LogP contribution in [0.15, 0.2) is 0 Å². The number of hydrogen-bond donors (Lipinski definition) is 1. The first-order valence-electron chi connectivity index (χ1n) is 4.16. The summed E-state index contributed by atoms with van der Waals surface area (Å²) in [6, 6.07) is 0.447. The maximum atomic E-state index is 5.63. The van der Waals surface area contributed by atoms with Crippen molar-refractivity contribution in [3.8, 4) is 0 Å². The Morgan fingerprint density at radius 2 is 2.09 bits per heavy atom. The Hall–Kier alpha value is -0.120. The molecule has 0 amide bonds. The average Bonchev–Trinajstić information content (AvgIpc) is 1.83. The standard InChI is InChI=1S/C8H18N2O/c1-10(2)6-11-5-7-3-8(9)4-7/h7-8H,3-6,9H2,1-2H3. The molecule has 1 aliphatic rings. The number of ether oxygens (including phenoxy) is 1. The van der Waals surface area contributed by atoms with Crippen LogP contribution in [0.5, 0.6) is 0 Å². The van der Waals surface area contributed by atoms with Gasteiger partial charge in [0.05, 0.1) is 13.3 Å². The molecule has 1 fully saturated rings. The molecule has 0 unspecified atom stereocenters. The zero-order valence-electron chi connectivity index (χ0n) is 7.42. The first kappa shape index (κ1) is 8.97. The van der Waals surface area contributed by atoms with E-state index in [0.29, 0.717) is 6.04 Å². The van der Waals surface area contributed by atoms with Gasteiger partial charge in [-0.3, -0.25) is 4.90 Å². The molecule has 0 spiro atoms. The summed E-state index contributed by atoms with van der Waals surface area (Å²) >= 11 is 0. The molecule has 1 rings (SSSR count). The van der Waals surface area contributed by atoms with Gasteiger partial charge in [-0.15, -0.1) is 0 Å². The highest BCUT2D eigenvalue weighted by atomic mass is 16.5. The average molecular weight is 158 g/mol. The van der Waals surface area contributed by atoms with Gasteiger partial charge >= 0.3 is 0 Å². The van der Waals surface area contributed by atoms with Crippen LogP contribution in [0.2, 0.25) is 0 Å². The van der Waals surface area contributed by atoms with Gasteiger partial charge in [-0.2, -0.15) is 0 Å². The van der Waals surface area contributed by atoms with Gasteiger partial charge in [-0.25, -0.2) is 0 Å². The normalized spacial score (nSPS) is 30.5. The fourth-order valence-electron chi connectivity index (χ4n) is 1.33. The number of nitrogens with zero attached hydrogens (tertiary/aromatic N) is 1. The van der Waals surface area contributed by atoms with Crippen molar-refractivity contribution in [3.63, 3.8) is 0 Å². The third-order valence-corrected chi connectivity index (χ3v) is 1.98. The van der Waals surface area contributed by atoms with Crippen molar-refractivity contribution in [1.29, 1.82) is 0 Å². The van der Waals surface area contributed by atoms with Crippen LogP contribution in [0.25, 0.3) is 0 Å². The second-order valence-corrected chi connectivity index (χ2v) is 3.68. The Morgan fingerprint density at radius 1 is 1.45 bits per heavy atom. The molecule has 11 heavy (non-hydrogen) atoms. The molecule has 3 heteroatoms. The molecule has 0 aromatic carbocycles. The van der Waals surface area contributed by atoms with Crippen LogP contribution in [0, 0.1) is 5.92 Å². The van der Waals surface area contributed by atoms with Crippen LogP contribution in [0.1, 0.15) is 12.8 Å². The molecular formula is C8H18N2O. The van der Waals surface area contributed by atoms with Crippen molar-refractivity contribution in [1.82, 2.24) is 4.90 Å². The van der Waals surface area contributed by atoms with Gasteiger partial charge in [0, 0.05) is 6.04 Å². The first-order valence-corrected chi connectivity index (χ1v) is 4.16. The van der Waals surface area contributed by atoms with Gasteiger partial charge in [-0.1, -0.05) is 0 Å². The summed E-state index contributed by atoms with van der Waals surface area (Å²) in [5, 5.41) is 0. The molecule has 0 radical (unpaired) electrons. The van der Waals surface area contributed by atoms with Gasteiger partial charge in [0.25, 0.3) is 0 Å². The molecule has 2 N–H and O–H groups in total. The molecule has 3 nitrogen and oxygen atoms in total. The van der Waals surface area contributed by atoms with Crippen LogP contribution in [0.4, 0.5) is 0 Å². The molecule has 0 bridgehead atoms. The summed E-state index contributed by atoms with van der Waals surface area (Å²) in [5.41, 5.74) is 5.63. The minimum atomic E-state index is 0.447. The number of nitrogens with two attached hydrogens (primary N) is 1. The van der Waals surface area contributed by atoms with E-state index >= 15 is 0 Å². The van der Waals surface area contributed by atoms with Crippen LogP contribution in [0.3, 0.4) is 0 Å². The quantitative estimate of drug-likeness (QED) is 0.596. The van der Waals surface area contributed by atoms with Crippen molar-refractivity contribution in [3.05, 3.63) is 0 Å². The molecule has 0 saturated heterocycles. The fourth-order valence-corrected chi connectivity index (χ4v) is 1.33. The summed E-state index contributed by atoms with van der Waals surface area (Å²) < 4.78 is 5.42. The van der Waals surface area contributed by atoms with Gasteiger partial charge in [0.1, 0.15) is 0 Å². The van der Waals surface area contributed by atoms with E-state index in [9.17, 15) is 0 Å². The predicted molar refractivity (Wildman–Crippen MR) is 45.2 cm³/mol. The third kappa shape index (κ3) is 3.18. The topological polar surface area (TPSA) is 38.5 Å². The van der Waals surface area contributed by atoms with E-state index in [4.69, 9.17) is 10.5 Å². The molecule has 66 valence electrons. The van der Waals surface area contributed by atoms with Crippen LogP contribution in [-0.4, -0.2) is 38.4 Å². The summed E-state index contributed by atoms with van der Waals surface area (Å²) in [6.07, 6.45) is 2.29. The fraction of sp³-hybridized carbons (Fsp3) is 1.00. The summed E-state index contributed by atoms with van der Waals surface area (Å²) in [6.45, 7) is 1.61. The Balaban J connectivity index is 1.89. The van der Waals surface area contributed by atoms with Gasteiger partial charge in [0.15, 0.2) is 0 Å². The third-order valence-electron chi connectivity index (χ3n) is 1.98. The molecule has 1 aliphatic carbocycles. The highest BCUT2D eigenvalue weighted by Crippen LogP contribution is 2.25. The van der Waals surface area contributed by atoms with Crippen molar-refractivity contribution in [2.75, 3.05) is 27.4 Å². The van der Waals surface area contributed by atoms with Crippen molar-refractivity contribution < 1.29 is 4.74 Å². The number of rotatable bonds is 4. The second-order valence-electron chi connectivity index (χ2n) is 3.68. The van der Waals surface area contributed by atoms with E-state index in [1.165, 1.54) is 0 Å². The molecule has 0 heterocycles. The van der Waals surface area contributed by atoms with Crippen molar-refractivity contribution >= 4 is 0 Å². The Kier molecular flexibility index (Phi) is 3.30. The largest absolute Gasteiger partial charge is 0.366 e. The lowest BCUT2D eigenvalue weighted by Crippen LogP contribution is -2.39. The molecule has 0 atom stereocenters. The lowest BCUT2D eigenvalue weighted by molar-refractivity contribution is 0.0122. The summed E-state index contributed by atoms with van der Waals surface area (Å²) in [7, 11) is 4.01. The van der Waals surface area contributed by atoms with Crippen LogP contribution >= 0.6 is 0 Å². The van der Waals surface area contributed by atoms with E-state index < -0.39 is 0 Å². The van der Waals surface area contributed by atoms with E-state index in [0.717, 1.165) is 32.1 Å².